The average Bonchev–Trinajstić information content (AvgIpc) is 3.35. The number of benzene rings is 2. The second kappa shape index (κ2) is 9.40. The number of nitrogens with one attached hydrogen (secondary N) is 2. The zero-order valence-electron chi connectivity index (χ0n) is 16.7. The predicted molar refractivity (Wildman–Crippen MR) is 116 cm³/mol. The number of amides is 1. The Balaban J connectivity index is 1.30. The monoisotopic (exact) mass is 416 g/mol. The molecule has 0 fully saturated rings. The maximum Gasteiger partial charge on any atom is 0.262 e. The number of anilines is 3. The van der Waals surface area contributed by atoms with Gasteiger partial charge >= 0.3 is 0 Å². The van der Waals surface area contributed by atoms with Crippen LogP contribution in [0.1, 0.15) is 0 Å². The van der Waals surface area contributed by atoms with Crippen molar-refractivity contribution in [1.29, 1.82) is 0 Å². The summed E-state index contributed by atoms with van der Waals surface area (Å²) in [7, 11) is 1.59. The number of rotatable bonds is 8. The first kappa shape index (κ1) is 19.9. The first-order chi connectivity index (χ1) is 15.2. The van der Waals surface area contributed by atoms with Gasteiger partial charge in [0, 0.05) is 29.8 Å². The van der Waals surface area contributed by atoms with Crippen molar-refractivity contribution >= 4 is 23.1 Å². The fraction of sp³-hybridized carbons (Fsp3) is 0.0909. The van der Waals surface area contributed by atoms with Crippen LogP contribution in [0.15, 0.2) is 79.4 Å². The van der Waals surface area contributed by atoms with Gasteiger partial charge in [0.05, 0.1) is 7.11 Å². The van der Waals surface area contributed by atoms with Crippen LogP contribution in [0, 0.1) is 0 Å². The lowest BCUT2D eigenvalue weighted by Crippen LogP contribution is -2.20. The van der Waals surface area contributed by atoms with Crippen molar-refractivity contribution in [3.63, 3.8) is 0 Å². The Morgan fingerprint density at radius 2 is 1.74 bits per heavy atom. The highest BCUT2D eigenvalue weighted by atomic mass is 16.5. The SMILES string of the molecule is COc1ccc(OCC(=O)Nc2ccc(Nc3cc(-n4cccn4)ncn3)cc2)cc1. The summed E-state index contributed by atoms with van der Waals surface area (Å²) >= 11 is 0. The Kier molecular flexibility index (Phi) is 6.03. The van der Waals surface area contributed by atoms with E-state index in [1.165, 1.54) is 6.33 Å². The van der Waals surface area contributed by atoms with Crippen molar-refractivity contribution in [2.45, 2.75) is 0 Å². The molecule has 0 unspecified atom stereocenters. The first-order valence-electron chi connectivity index (χ1n) is 9.45. The number of hydrogen-bond acceptors (Lipinski definition) is 7. The minimum absolute atomic E-state index is 0.0938. The van der Waals surface area contributed by atoms with Crippen LogP contribution in [0.5, 0.6) is 11.5 Å². The lowest BCUT2D eigenvalue weighted by Gasteiger charge is -2.10. The summed E-state index contributed by atoms with van der Waals surface area (Å²) in [6, 6.07) is 17.9. The third kappa shape index (κ3) is 5.36. The molecule has 0 radical (unpaired) electrons. The third-order valence-electron chi connectivity index (χ3n) is 4.26. The Hall–Kier alpha value is -4.40. The summed E-state index contributed by atoms with van der Waals surface area (Å²) in [4.78, 5) is 20.6. The van der Waals surface area contributed by atoms with Crippen LogP contribution in [0.25, 0.3) is 5.82 Å². The van der Waals surface area contributed by atoms with E-state index in [1.807, 2.05) is 24.4 Å². The molecule has 9 nitrogen and oxygen atoms in total. The maximum absolute atomic E-state index is 12.1. The van der Waals surface area contributed by atoms with Crippen LogP contribution in [0.2, 0.25) is 0 Å². The Morgan fingerprint density at radius 3 is 2.45 bits per heavy atom. The van der Waals surface area contributed by atoms with E-state index in [1.54, 1.807) is 60.5 Å². The van der Waals surface area contributed by atoms with Gasteiger partial charge in [0.1, 0.15) is 23.6 Å². The highest BCUT2D eigenvalue weighted by Crippen LogP contribution is 2.19. The smallest absolute Gasteiger partial charge is 0.262 e. The van der Waals surface area contributed by atoms with Crippen LogP contribution in [-0.2, 0) is 4.79 Å². The van der Waals surface area contributed by atoms with E-state index in [2.05, 4.69) is 25.7 Å². The lowest BCUT2D eigenvalue weighted by molar-refractivity contribution is -0.118. The maximum atomic E-state index is 12.1. The highest BCUT2D eigenvalue weighted by molar-refractivity contribution is 5.92. The molecule has 0 aliphatic carbocycles. The number of carbonyl (C=O) groups excluding carboxylic acids is 1. The number of hydrogen-bond donors (Lipinski definition) is 2. The first-order valence-corrected chi connectivity index (χ1v) is 9.45. The second-order valence-electron chi connectivity index (χ2n) is 6.43. The summed E-state index contributed by atoms with van der Waals surface area (Å²) in [5.74, 6) is 2.35. The van der Waals surface area contributed by atoms with Crippen molar-refractivity contribution in [3.8, 4) is 17.3 Å². The van der Waals surface area contributed by atoms with Crippen molar-refractivity contribution in [1.82, 2.24) is 19.7 Å². The zero-order chi connectivity index (χ0) is 21.5. The molecule has 1 amide bonds. The Morgan fingerprint density at radius 1 is 1.00 bits per heavy atom. The topological polar surface area (TPSA) is 103 Å². The number of carbonyl (C=O) groups is 1. The Labute approximate surface area is 178 Å². The van der Waals surface area contributed by atoms with Crippen LogP contribution < -0.4 is 20.1 Å². The van der Waals surface area contributed by atoms with Crippen molar-refractivity contribution in [3.05, 3.63) is 79.4 Å². The van der Waals surface area contributed by atoms with Gasteiger partial charge in [-0.05, 0) is 54.6 Å². The lowest BCUT2D eigenvalue weighted by atomic mass is 10.2. The highest BCUT2D eigenvalue weighted by Gasteiger charge is 2.06. The minimum atomic E-state index is -0.254. The molecular formula is C22H20N6O3. The van der Waals surface area contributed by atoms with Gasteiger partial charge in [-0.15, -0.1) is 0 Å². The normalized spacial score (nSPS) is 10.4. The summed E-state index contributed by atoms with van der Waals surface area (Å²) < 4.78 is 12.2. The molecule has 0 saturated carbocycles. The van der Waals surface area contributed by atoms with E-state index < -0.39 is 0 Å². The van der Waals surface area contributed by atoms with Gasteiger partial charge in [0.25, 0.3) is 5.91 Å². The minimum Gasteiger partial charge on any atom is -0.497 e. The van der Waals surface area contributed by atoms with E-state index in [4.69, 9.17) is 9.47 Å². The molecule has 0 saturated heterocycles. The summed E-state index contributed by atoms with van der Waals surface area (Å²) in [6.45, 7) is -0.0938. The van der Waals surface area contributed by atoms with Crippen molar-refractivity contribution < 1.29 is 14.3 Å². The van der Waals surface area contributed by atoms with Crippen LogP contribution in [0.3, 0.4) is 0 Å². The van der Waals surface area contributed by atoms with Crippen molar-refractivity contribution in [2.24, 2.45) is 0 Å². The molecule has 0 aliphatic rings. The Bertz CT molecular complexity index is 1130. The quantitative estimate of drug-likeness (QED) is 0.454. The molecule has 31 heavy (non-hydrogen) atoms. The number of nitrogens with zero attached hydrogens (tertiary/aromatic N) is 4. The fourth-order valence-electron chi connectivity index (χ4n) is 2.75. The zero-order valence-corrected chi connectivity index (χ0v) is 16.7. The fourth-order valence-corrected chi connectivity index (χ4v) is 2.75. The molecule has 4 aromatic rings. The van der Waals surface area contributed by atoms with E-state index >= 15 is 0 Å². The van der Waals surface area contributed by atoms with Gasteiger partial charge in [-0.2, -0.15) is 5.10 Å². The third-order valence-corrected chi connectivity index (χ3v) is 4.26. The van der Waals surface area contributed by atoms with Crippen LogP contribution in [0.4, 0.5) is 17.2 Å². The molecule has 2 aromatic carbocycles. The molecule has 0 atom stereocenters. The molecule has 2 heterocycles. The predicted octanol–water partition coefficient (Wildman–Crippen LogP) is 3.43. The van der Waals surface area contributed by atoms with E-state index in [0.717, 1.165) is 11.4 Å². The van der Waals surface area contributed by atoms with Crippen LogP contribution >= 0.6 is 0 Å². The number of methoxy groups -OCH3 is 1. The van der Waals surface area contributed by atoms with Gasteiger partial charge in [0.2, 0.25) is 0 Å². The summed E-state index contributed by atoms with van der Waals surface area (Å²) in [5, 5.41) is 10.2. The summed E-state index contributed by atoms with van der Waals surface area (Å²) in [6.07, 6.45) is 4.96. The molecule has 2 aromatic heterocycles. The van der Waals surface area contributed by atoms with E-state index in [-0.39, 0.29) is 12.5 Å². The van der Waals surface area contributed by atoms with Gasteiger partial charge in [-0.3, -0.25) is 4.79 Å². The molecule has 0 spiro atoms. The van der Waals surface area contributed by atoms with Crippen LogP contribution in [-0.4, -0.2) is 39.4 Å². The van der Waals surface area contributed by atoms with Gasteiger partial charge in [0.15, 0.2) is 12.4 Å². The van der Waals surface area contributed by atoms with Crippen molar-refractivity contribution in [2.75, 3.05) is 24.4 Å². The molecule has 4 rings (SSSR count). The number of ether oxygens (including phenoxy) is 2. The molecular weight excluding hydrogens is 396 g/mol. The van der Waals surface area contributed by atoms with Gasteiger partial charge < -0.3 is 20.1 Å². The largest absolute Gasteiger partial charge is 0.497 e. The molecule has 2 N–H and O–H groups in total. The van der Waals surface area contributed by atoms with E-state index in [0.29, 0.717) is 23.1 Å². The average molecular weight is 416 g/mol. The molecule has 9 heteroatoms. The standard InChI is InChI=1S/C22H20N6O3/c1-30-18-7-9-19(10-8-18)31-14-22(29)27-17-5-3-16(4-6-17)26-20-13-21(24-15-23-20)28-12-2-11-25-28/h2-13,15H,14H2,1H3,(H,27,29)(H,23,24,26). The van der Waals surface area contributed by atoms with Gasteiger partial charge in [-0.25, -0.2) is 14.6 Å². The molecule has 0 bridgehead atoms. The molecule has 156 valence electrons. The number of aromatic nitrogens is 4. The van der Waals surface area contributed by atoms with Gasteiger partial charge in [-0.1, -0.05) is 0 Å². The van der Waals surface area contributed by atoms with E-state index in [9.17, 15) is 4.79 Å². The molecule has 0 aliphatic heterocycles. The second-order valence-corrected chi connectivity index (χ2v) is 6.43. The summed E-state index contributed by atoms with van der Waals surface area (Å²) in [5.41, 5.74) is 1.48.